The standard InChI is InChI=1S/C38H30NSi.C14H17NSi.CH3.Ir/c1-40(2,3)31-19-22-38(39-25-31)30-18-21-34-32-11-7-8-12-33(32)36-23-29(17-20-35(36)37(34)24-30)28-15-13-27(14-16-28)26-9-5-4-6-10-26;1-16(2,3)13-9-10-14(15-11-13)12-7-5-4-6-8-12;;/h4-17,19-25H,1-3H3;4-11H,1-3H3;1H3;/q-1;;-1;. The third kappa shape index (κ3) is 9.04. The number of nitrogens with zero attached hydrogens (tertiary/aromatic N) is 2. The molecule has 0 saturated heterocycles. The number of aromatic nitrogens is 2. The first-order chi connectivity index (χ1) is 27.0. The van der Waals surface area contributed by atoms with Gasteiger partial charge in [0.15, 0.2) is 0 Å². The molecule has 0 unspecified atom stereocenters. The third-order valence-electron chi connectivity index (χ3n) is 10.7. The van der Waals surface area contributed by atoms with Crippen molar-refractivity contribution in [3.05, 3.63) is 190 Å². The number of pyridine rings is 2. The minimum absolute atomic E-state index is 0. The molecule has 291 valence electrons. The van der Waals surface area contributed by atoms with E-state index in [9.17, 15) is 0 Å². The number of fused-ring (bicyclic) bond motifs is 6. The minimum atomic E-state index is -1.39. The van der Waals surface area contributed by atoms with Gasteiger partial charge in [0, 0.05) is 38.1 Å². The molecule has 0 aliphatic heterocycles. The zero-order chi connectivity index (χ0) is 38.9. The van der Waals surface area contributed by atoms with Gasteiger partial charge < -0.3 is 12.4 Å². The van der Waals surface area contributed by atoms with Gasteiger partial charge >= 0.3 is 0 Å². The molecule has 0 N–H and O–H groups in total. The summed E-state index contributed by atoms with van der Waals surface area (Å²) in [6.45, 7) is 14.1. The second kappa shape index (κ2) is 17.7. The van der Waals surface area contributed by atoms with Crippen molar-refractivity contribution in [1.82, 2.24) is 9.97 Å². The summed E-state index contributed by atoms with van der Waals surface area (Å²) in [6, 6.07) is 62.1. The molecular formula is C53H50IrN2Si2-2. The van der Waals surface area contributed by atoms with Gasteiger partial charge in [-0.25, -0.2) is 0 Å². The Morgan fingerprint density at radius 2 is 0.810 bits per heavy atom. The SMILES string of the molecule is C[Si](C)(C)c1ccc(-c2[c-]cc3c4ccccc4c4cc(-c5ccc(-c6ccccc6)cc5)ccc4c3c2)nc1.C[Si](C)(C)c1ccc(-c2ccccc2)nc1.[CH3-].[Ir]. The van der Waals surface area contributed by atoms with Gasteiger partial charge in [-0.3, -0.25) is 4.98 Å². The summed E-state index contributed by atoms with van der Waals surface area (Å²) >= 11 is 0. The molecule has 9 aromatic rings. The fraction of sp³-hybridized carbons (Fsp3) is 0.113. The van der Waals surface area contributed by atoms with Crippen molar-refractivity contribution < 1.29 is 20.1 Å². The van der Waals surface area contributed by atoms with Crippen LogP contribution in [0.2, 0.25) is 39.3 Å². The largest absolute Gasteiger partial charge is 0.358 e. The fourth-order valence-electron chi connectivity index (χ4n) is 7.32. The van der Waals surface area contributed by atoms with Crippen LogP contribution in [0.1, 0.15) is 0 Å². The van der Waals surface area contributed by atoms with Crippen LogP contribution in [-0.2, 0) is 20.1 Å². The van der Waals surface area contributed by atoms with Gasteiger partial charge in [-0.2, -0.15) is 0 Å². The van der Waals surface area contributed by atoms with Gasteiger partial charge in [0.25, 0.3) is 0 Å². The Bertz CT molecular complexity index is 2770. The van der Waals surface area contributed by atoms with Crippen molar-refractivity contribution in [2.24, 2.45) is 0 Å². The summed E-state index contributed by atoms with van der Waals surface area (Å²) in [4.78, 5) is 9.40. The van der Waals surface area contributed by atoms with Crippen molar-refractivity contribution in [3.63, 3.8) is 0 Å². The summed E-state index contributed by atoms with van der Waals surface area (Å²) in [5.74, 6) is 0. The van der Waals surface area contributed by atoms with Crippen molar-refractivity contribution >= 4 is 58.8 Å². The number of benzene rings is 7. The first-order valence-electron chi connectivity index (χ1n) is 19.5. The van der Waals surface area contributed by atoms with E-state index >= 15 is 0 Å². The first-order valence-corrected chi connectivity index (χ1v) is 26.5. The van der Waals surface area contributed by atoms with E-state index in [1.165, 1.54) is 70.5 Å². The number of hydrogen-bond donors (Lipinski definition) is 0. The Labute approximate surface area is 360 Å². The van der Waals surface area contributed by atoms with Gasteiger partial charge in [0.1, 0.15) is 0 Å². The van der Waals surface area contributed by atoms with Crippen LogP contribution in [0.5, 0.6) is 0 Å². The molecule has 0 saturated carbocycles. The van der Waals surface area contributed by atoms with Gasteiger partial charge in [-0.05, 0) is 66.6 Å². The molecule has 0 bridgehead atoms. The summed E-state index contributed by atoms with van der Waals surface area (Å²) in [6.07, 6.45) is 4.10. The molecule has 0 aliphatic carbocycles. The molecule has 0 spiro atoms. The predicted octanol–water partition coefficient (Wildman–Crippen LogP) is 13.6. The molecule has 2 aromatic heterocycles. The Kier molecular flexibility index (Phi) is 12.9. The topological polar surface area (TPSA) is 25.8 Å². The molecule has 2 heterocycles. The zero-order valence-corrected chi connectivity index (χ0v) is 38.9. The molecule has 58 heavy (non-hydrogen) atoms. The molecule has 5 heteroatoms. The van der Waals surface area contributed by atoms with Crippen LogP contribution in [0.3, 0.4) is 0 Å². The fourth-order valence-corrected chi connectivity index (χ4v) is 9.39. The Hall–Kier alpha value is -5.30. The van der Waals surface area contributed by atoms with E-state index in [1.807, 2.05) is 24.4 Å². The number of hydrogen-bond acceptors (Lipinski definition) is 2. The van der Waals surface area contributed by atoms with Crippen molar-refractivity contribution in [3.8, 4) is 44.8 Å². The van der Waals surface area contributed by atoms with Crippen LogP contribution >= 0.6 is 0 Å². The normalized spacial score (nSPS) is 11.3. The molecule has 7 aromatic carbocycles. The summed E-state index contributed by atoms with van der Waals surface area (Å²) in [7, 11) is -2.61. The van der Waals surface area contributed by atoms with Crippen LogP contribution in [0.15, 0.2) is 176 Å². The van der Waals surface area contributed by atoms with Crippen LogP contribution in [0.4, 0.5) is 0 Å². The monoisotopic (exact) mass is 963 g/mol. The first kappa shape index (κ1) is 42.3. The van der Waals surface area contributed by atoms with Crippen molar-refractivity contribution in [2.75, 3.05) is 0 Å². The molecule has 0 atom stereocenters. The Morgan fingerprint density at radius 1 is 0.379 bits per heavy atom. The third-order valence-corrected chi connectivity index (χ3v) is 14.8. The average Bonchev–Trinajstić information content (AvgIpc) is 3.24. The smallest absolute Gasteiger partial charge is 0.0796 e. The van der Waals surface area contributed by atoms with Gasteiger partial charge in [-0.1, -0.05) is 195 Å². The van der Waals surface area contributed by atoms with E-state index in [0.29, 0.717) is 0 Å². The molecule has 1 radical (unpaired) electrons. The van der Waals surface area contributed by atoms with Crippen LogP contribution in [-0.4, -0.2) is 26.1 Å². The van der Waals surface area contributed by atoms with Gasteiger partial charge in [0.05, 0.1) is 21.8 Å². The van der Waals surface area contributed by atoms with E-state index in [4.69, 9.17) is 4.98 Å². The molecule has 0 amide bonds. The molecule has 9 rings (SSSR count). The Balaban J connectivity index is 0.000000266. The average molecular weight is 963 g/mol. The van der Waals surface area contributed by atoms with E-state index in [-0.39, 0.29) is 27.5 Å². The minimum Gasteiger partial charge on any atom is -0.358 e. The molecular weight excluding hydrogens is 913 g/mol. The summed E-state index contributed by atoms with van der Waals surface area (Å²) < 4.78 is 0. The van der Waals surface area contributed by atoms with E-state index in [2.05, 4.69) is 202 Å². The Morgan fingerprint density at radius 3 is 1.34 bits per heavy atom. The van der Waals surface area contributed by atoms with E-state index < -0.39 is 16.1 Å². The van der Waals surface area contributed by atoms with Crippen LogP contribution in [0, 0.1) is 13.5 Å². The van der Waals surface area contributed by atoms with Crippen LogP contribution in [0.25, 0.3) is 77.1 Å². The van der Waals surface area contributed by atoms with Crippen molar-refractivity contribution in [2.45, 2.75) is 39.3 Å². The van der Waals surface area contributed by atoms with E-state index in [1.54, 1.807) is 0 Å². The van der Waals surface area contributed by atoms with E-state index in [0.717, 1.165) is 17.0 Å². The maximum atomic E-state index is 4.85. The van der Waals surface area contributed by atoms with Gasteiger partial charge in [-0.15, -0.1) is 23.8 Å². The summed E-state index contributed by atoms with van der Waals surface area (Å²) in [5.41, 5.74) is 9.17. The quantitative estimate of drug-likeness (QED) is 0.0943. The van der Waals surface area contributed by atoms with Crippen molar-refractivity contribution in [1.29, 1.82) is 0 Å². The summed E-state index contributed by atoms with van der Waals surface area (Å²) in [5, 5.41) is 10.3. The zero-order valence-electron chi connectivity index (χ0n) is 34.5. The number of rotatable bonds is 6. The predicted molar refractivity (Wildman–Crippen MR) is 254 cm³/mol. The molecule has 2 nitrogen and oxygen atoms in total. The maximum Gasteiger partial charge on any atom is 0.0796 e. The molecule has 0 aliphatic rings. The second-order valence-corrected chi connectivity index (χ2v) is 26.8. The van der Waals surface area contributed by atoms with Gasteiger partial charge in [0.2, 0.25) is 0 Å². The van der Waals surface area contributed by atoms with Crippen LogP contribution < -0.4 is 10.4 Å². The second-order valence-electron chi connectivity index (χ2n) is 16.7. The molecule has 0 fully saturated rings. The maximum absolute atomic E-state index is 4.85.